The molecule has 2 aromatic heterocycles. The molecule has 0 aliphatic carbocycles. The maximum absolute atomic E-state index is 6.08. The van der Waals surface area contributed by atoms with Crippen LogP contribution < -0.4 is 0 Å². The third-order valence-electron chi connectivity index (χ3n) is 3.17. The molecule has 0 fully saturated rings. The second kappa shape index (κ2) is 4.34. The van der Waals surface area contributed by atoms with Gasteiger partial charge >= 0.3 is 0 Å². The third-order valence-corrected chi connectivity index (χ3v) is 3.90. The number of rotatable bonds is 1. The van der Waals surface area contributed by atoms with Gasteiger partial charge in [-0.1, -0.05) is 35.3 Å². The van der Waals surface area contributed by atoms with Gasteiger partial charge in [0, 0.05) is 23.0 Å². The molecule has 3 heteroatoms. The zero-order valence-electron chi connectivity index (χ0n) is 9.82. The van der Waals surface area contributed by atoms with Gasteiger partial charge < -0.3 is 4.40 Å². The number of aryl methyl sites for hydroxylation is 1. The minimum atomic E-state index is 0.585. The number of fused-ring (bicyclic) bond motifs is 1. The summed E-state index contributed by atoms with van der Waals surface area (Å²) in [6, 6.07) is 14.1. The Labute approximate surface area is 116 Å². The Morgan fingerprint density at radius 1 is 0.944 bits per heavy atom. The number of hydrogen-bond acceptors (Lipinski definition) is 0. The highest BCUT2D eigenvalue weighted by Gasteiger charge is 2.09. The fourth-order valence-electron chi connectivity index (χ4n) is 2.22. The number of aromatic nitrogens is 1. The van der Waals surface area contributed by atoms with E-state index in [1.165, 1.54) is 16.8 Å². The zero-order chi connectivity index (χ0) is 12.7. The molecule has 18 heavy (non-hydrogen) atoms. The van der Waals surface area contributed by atoms with Crippen molar-refractivity contribution in [2.75, 3.05) is 0 Å². The minimum absolute atomic E-state index is 0.585. The summed E-state index contributed by atoms with van der Waals surface area (Å²) in [6.45, 7) is 2.10. The Balaban J connectivity index is 2.25. The van der Waals surface area contributed by atoms with E-state index in [4.69, 9.17) is 23.2 Å². The predicted molar refractivity (Wildman–Crippen MR) is 77.6 cm³/mol. The molecule has 1 nitrogen and oxygen atoms in total. The molecule has 0 aliphatic heterocycles. The highest BCUT2D eigenvalue weighted by atomic mass is 35.5. The summed E-state index contributed by atoms with van der Waals surface area (Å²) >= 11 is 12.0. The lowest BCUT2D eigenvalue weighted by atomic mass is 10.1. The van der Waals surface area contributed by atoms with Crippen LogP contribution in [-0.4, -0.2) is 4.40 Å². The van der Waals surface area contributed by atoms with Crippen LogP contribution in [-0.2, 0) is 0 Å². The van der Waals surface area contributed by atoms with E-state index in [1.807, 2.05) is 30.3 Å². The van der Waals surface area contributed by atoms with Crippen molar-refractivity contribution in [1.82, 2.24) is 4.40 Å². The molecule has 0 bridgehead atoms. The SMILES string of the molecule is Cc1c(-c2ccc(Cl)c(Cl)c2)cc2ccccn12. The van der Waals surface area contributed by atoms with Gasteiger partial charge in [-0.25, -0.2) is 0 Å². The molecule has 0 aliphatic rings. The van der Waals surface area contributed by atoms with Crippen LogP contribution in [0.5, 0.6) is 0 Å². The Hall–Kier alpha value is -1.44. The molecule has 0 amide bonds. The second-order valence-corrected chi connectivity index (χ2v) is 5.08. The van der Waals surface area contributed by atoms with Crippen LogP contribution in [0.15, 0.2) is 48.7 Å². The van der Waals surface area contributed by atoms with Gasteiger partial charge in [-0.15, -0.1) is 0 Å². The fraction of sp³-hybridized carbons (Fsp3) is 0.0667. The van der Waals surface area contributed by atoms with E-state index in [9.17, 15) is 0 Å². The number of nitrogens with zero attached hydrogens (tertiary/aromatic N) is 1. The first-order valence-electron chi connectivity index (χ1n) is 5.69. The molecule has 0 atom stereocenters. The summed E-state index contributed by atoms with van der Waals surface area (Å²) < 4.78 is 2.16. The van der Waals surface area contributed by atoms with Crippen LogP contribution in [0.4, 0.5) is 0 Å². The quantitative estimate of drug-likeness (QED) is 0.574. The topological polar surface area (TPSA) is 4.41 Å². The molecule has 1 aromatic carbocycles. The first-order valence-corrected chi connectivity index (χ1v) is 6.44. The van der Waals surface area contributed by atoms with Gasteiger partial charge in [0.2, 0.25) is 0 Å². The third kappa shape index (κ3) is 1.80. The molecule has 0 saturated heterocycles. The van der Waals surface area contributed by atoms with Crippen molar-refractivity contribution in [3.05, 3.63) is 64.4 Å². The molecule has 0 N–H and O–H groups in total. The molecule has 2 heterocycles. The predicted octanol–water partition coefficient (Wildman–Crippen LogP) is 5.22. The molecule has 0 saturated carbocycles. The molecule has 3 aromatic rings. The van der Waals surface area contributed by atoms with E-state index in [-0.39, 0.29) is 0 Å². The van der Waals surface area contributed by atoms with Crippen molar-refractivity contribution in [3.63, 3.8) is 0 Å². The lowest BCUT2D eigenvalue weighted by Crippen LogP contribution is -1.86. The Morgan fingerprint density at radius 2 is 1.78 bits per heavy atom. The number of pyridine rings is 1. The van der Waals surface area contributed by atoms with E-state index in [2.05, 4.69) is 29.7 Å². The maximum Gasteiger partial charge on any atom is 0.0598 e. The molecule has 0 spiro atoms. The van der Waals surface area contributed by atoms with Gasteiger partial charge in [-0.3, -0.25) is 0 Å². The molecule has 90 valence electrons. The number of benzene rings is 1. The minimum Gasteiger partial charge on any atom is -0.321 e. The summed E-state index contributed by atoms with van der Waals surface area (Å²) in [6.07, 6.45) is 2.06. The number of halogens is 2. The first-order chi connectivity index (χ1) is 8.66. The number of hydrogen-bond donors (Lipinski definition) is 0. The van der Waals surface area contributed by atoms with Crippen molar-refractivity contribution in [3.8, 4) is 11.1 Å². The first kappa shape index (κ1) is 11.6. The van der Waals surface area contributed by atoms with Crippen LogP contribution in [0.1, 0.15) is 5.69 Å². The summed E-state index contributed by atoms with van der Waals surface area (Å²) in [5.41, 5.74) is 4.64. The van der Waals surface area contributed by atoms with Gasteiger partial charge in [0.05, 0.1) is 10.0 Å². The van der Waals surface area contributed by atoms with Gasteiger partial charge in [0.1, 0.15) is 0 Å². The smallest absolute Gasteiger partial charge is 0.0598 e. The Kier molecular flexibility index (Phi) is 2.81. The van der Waals surface area contributed by atoms with Crippen LogP contribution in [0.2, 0.25) is 10.0 Å². The fourth-order valence-corrected chi connectivity index (χ4v) is 2.52. The Morgan fingerprint density at radius 3 is 2.50 bits per heavy atom. The molecule has 0 unspecified atom stereocenters. The highest BCUT2D eigenvalue weighted by molar-refractivity contribution is 6.42. The molecule has 3 rings (SSSR count). The van der Waals surface area contributed by atoms with Crippen molar-refractivity contribution in [1.29, 1.82) is 0 Å². The molecular weight excluding hydrogens is 265 g/mol. The molecule has 0 radical (unpaired) electrons. The summed E-state index contributed by atoms with van der Waals surface area (Å²) in [4.78, 5) is 0. The van der Waals surface area contributed by atoms with Crippen LogP contribution in [0.3, 0.4) is 0 Å². The largest absolute Gasteiger partial charge is 0.321 e. The summed E-state index contributed by atoms with van der Waals surface area (Å²) in [7, 11) is 0. The van der Waals surface area contributed by atoms with Crippen LogP contribution in [0, 0.1) is 6.92 Å². The summed E-state index contributed by atoms with van der Waals surface area (Å²) in [5, 5.41) is 1.17. The van der Waals surface area contributed by atoms with Crippen molar-refractivity contribution < 1.29 is 0 Å². The Bertz CT molecular complexity index is 728. The normalized spacial score (nSPS) is 11.1. The van der Waals surface area contributed by atoms with Crippen LogP contribution >= 0.6 is 23.2 Å². The standard InChI is InChI=1S/C15H11Cl2N/c1-10-13(9-12-4-2-3-7-18(10)12)11-5-6-14(16)15(17)8-11/h2-9H,1H3. The molecular formula is C15H11Cl2N. The van der Waals surface area contributed by atoms with E-state index < -0.39 is 0 Å². The van der Waals surface area contributed by atoms with Crippen molar-refractivity contribution in [2.45, 2.75) is 6.92 Å². The zero-order valence-corrected chi connectivity index (χ0v) is 11.3. The maximum atomic E-state index is 6.08. The van der Waals surface area contributed by atoms with E-state index >= 15 is 0 Å². The van der Waals surface area contributed by atoms with Gasteiger partial charge in [-0.2, -0.15) is 0 Å². The lowest BCUT2D eigenvalue weighted by molar-refractivity contribution is 1.11. The van der Waals surface area contributed by atoms with Gasteiger partial charge in [-0.05, 0) is 42.8 Å². The van der Waals surface area contributed by atoms with E-state index in [0.29, 0.717) is 10.0 Å². The average molecular weight is 276 g/mol. The summed E-state index contributed by atoms with van der Waals surface area (Å²) in [5.74, 6) is 0. The van der Waals surface area contributed by atoms with Crippen molar-refractivity contribution >= 4 is 28.7 Å². The monoisotopic (exact) mass is 275 g/mol. The highest BCUT2D eigenvalue weighted by Crippen LogP contribution is 2.31. The van der Waals surface area contributed by atoms with Gasteiger partial charge in [0.15, 0.2) is 0 Å². The van der Waals surface area contributed by atoms with Crippen LogP contribution in [0.25, 0.3) is 16.6 Å². The second-order valence-electron chi connectivity index (χ2n) is 4.27. The van der Waals surface area contributed by atoms with Gasteiger partial charge in [0.25, 0.3) is 0 Å². The van der Waals surface area contributed by atoms with E-state index in [0.717, 1.165) is 5.56 Å². The van der Waals surface area contributed by atoms with E-state index in [1.54, 1.807) is 0 Å². The average Bonchev–Trinajstić information content (AvgIpc) is 2.71. The lowest BCUT2D eigenvalue weighted by Gasteiger charge is -2.03. The van der Waals surface area contributed by atoms with Crippen molar-refractivity contribution in [2.24, 2.45) is 0 Å².